The Balaban J connectivity index is 1.39. The molecule has 0 radical (unpaired) electrons. The smallest absolute Gasteiger partial charge is 0.282 e. The Bertz CT molecular complexity index is 1640. The molecule has 36 heavy (non-hydrogen) atoms. The van der Waals surface area contributed by atoms with E-state index in [-0.39, 0.29) is 11.0 Å². The first-order chi connectivity index (χ1) is 17.3. The molecular weight excluding hydrogens is 514 g/mol. The minimum absolute atomic E-state index is 0.197. The van der Waals surface area contributed by atoms with Crippen molar-refractivity contribution >= 4 is 43.8 Å². The molecule has 6 heteroatoms. The highest BCUT2D eigenvalue weighted by Gasteiger charge is 2.22. The number of nitrogens with zero attached hydrogens (tertiary/aromatic N) is 3. The molecule has 0 aliphatic heterocycles. The van der Waals surface area contributed by atoms with Crippen molar-refractivity contribution < 1.29 is 4.74 Å². The zero-order chi connectivity index (χ0) is 25.3. The van der Waals surface area contributed by atoms with Gasteiger partial charge in [-0.15, -0.1) is 0 Å². The first kappa shape index (κ1) is 23.9. The van der Waals surface area contributed by atoms with E-state index in [4.69, 9.17) is 9.72 Å². The highest BCUT2D eigenvalue weighted by Crippen LogP contribution is 2.24. The van der Waals surface area contributed by atoms with Crippen molar-refractivity contribution in [3.8, 4) is 5.75 Å². The minimum atomic E-state index is -0.364. The Morgan fingerprint density at radius 1 is 0.944 bits per heavy atom. The van der Waals surface area contributed by atoms with Crippen molar-refractivity contribution in [2.45, 2.75) is 32.8 Å². The lowest BCUT2D eigenvalue weighted by Crippen LogP contribution is -2.29. The maximum absolute atomic E-state index is 13.3. The van der Waals surface area contributed by atoms with E-state index >= 15 is 0 Å². The van der Waals surface area contributed by atoms with Gasteiger partial charge in [0.15, 0.2) is 0 Å². The van der Waals surface area contributed by atoms with E-state index < -0.39 is 0 Å². The summed E-state index contributed by atoms with van der Waals surface area (Å²) in [7, 11) is 0. The first-order valence-electron chi connectivity index (χ1n) is 11.8. The third kappa shape index (κ3) is 4.95. The second kappa shape index (κ2) is 9.70. The highest BCUT2D eigenvalue weighted by atomic mass is 79.9. The van der Waals surface area contributed by atoms with E-state index in [1.807, 2.05) is 69.3 Å². The summed E-state index contributed by atoms with van der Waals surface area (Å²) in [6.07, 6.45) is 1.68. The van der Waals surface area contributed by atoms with Crippen LogP contribution >= 0.6 is 15.9 Å². The van der Waals surface area contributed by atoms with Gasteiger partial charge in [0.05, 0.1) is 17.1 Å². The zero-order valence-corrected chi connectivity index (χ0v) is 22.0. The second-order valence-corrected chi connectivity index (χ2v) is 10.6. The average Bonchev–Trinajstić information content (AvgIpc) is 2.87. The molecule has 0 bridgehead atoms. The van der Waals surface area contributed by atoms with E-state index in [9.17, 15) is 4.79 Å². The van der Waals surface area contributed by atoms with E-state index in [1.165, 1.54) is 15.4 Å². The van der Waals surface area contributed by atoms with Crippen LogP contribution in [0.3, 0.4) is 0 Å². The van der Waals surface area contributed by atoms with Gasteiger partial charge in [-0.05, 0) is 64.4 Å². The third-order valence-electron chi connectivity index (χ3n) is 5.96. The SMILES string of the molecule is CC(C)(C)c1nc2ccc(Br)cc2c(=O)n1N=Cc1ccc(OCc2cccc3ccccc23)cc1. The Kier molecular flexibility index (Phi) is 6.46. The number of halogens is 1. The molecule has 5 nitrogen and oxygen atoms in total. The monoisotopic (exact) mass is 539 g/mol. The van der Waals surface area contributed by atoms with Gasteiger partial charge in [-0.2, -0.15) is 9.78 Å². The lowest BCUT2D eigenvalue weighted by molar-refractivity contribution is 0.307. The summed E-state index contributed by atoms with van der Waals surface area (Å²) in [6.45, 7) is 6.55. The molecule has 0 aliphatic rings. The Morgan fingerprint density at radius 2 is 1.69 bits per heavy atom. The van der Waals surface area contributed by atoms with Gasteiger partial charge < -0.3 is 4.74 Å². The molecule has 1 aromatic heterocycles. The Morgan fingerprint density at radius 3 is 2.47 bits per heavy atom. The summed E-state index contributed by atoms with van der Waals surface area (Å²) in [6, 6.07) is 27.7. The first-order valence-corrected chi connectivity index (χ1v) is 12.6. The lowest BCUT2D eigenvalue weighted by Gasteiger charge is -2.20. The van der Waals surface area contributed by atoms with Crippen LogP contribution < -0.4 is 10.3 Å². The van der Waals surface area contributed by atoms with E-state index in [0.29, 0.717) is 23.3 Å². The molecule has 4 aromatic carbocycles. The van der Waals surface area contributed by atoms with Crippen molar-refractivity contribution in [2.24, 2.45) is 5.10 Å². The Labute approximate surface area is 218 Å². The lowest BCUT2D eigenvalue weighted by atomic mass is 9.95. The largest absolute Gasteiger partial charge is 0.489 e. The standard InChI is InChI=1S/C30H26BrN3O2/c1-30(2,3)29-33-27-16-13-23(31)17-26(27)28(35)34(29)32-18-20-11-14-24(15-12-20)36-19-22-9-6-8-21-7-4-5-10-25(21)22/h4-18H,19H2,1-3H3. The molecule has 5 rings (SSSR count). The molecular formula is C30H26BrN3O2. The predicted molar refractivity (Wildman–Crippen MR) is 150 cm³/mol. The third-order valence-corrected chi connectivity index (χ3v) is 6.45. The van der Waals surface area contributed by atoms with Gasteiger partial charge in [0.25, 0.3) is 5.56 Å². The van der Waals surface area contributed by atoms with E-state index in [2.05, 4.69) is 51.4 Å². The summed E-state index contributed by atoms with van der Waals surface area (Å²) in [5.74, 6) is 1.37. The molecule has 5 aromatic rings. The topological polar surface area (TPSA) is 56.5 Å². The second-order valence-electron chi connectivity index (χ2n) is 9.70. The number of fused-ring (bicyclic) bond motifs is 2. The molecule has 0 aliphatic carbocycles. The van der Waals surface area contributed by atoms with Gasteiger partial charge in [0.2, 0.25) is 0 Å². The van der Waals surface area contributed by atoms with Crippen LogP contribution in [0, 0.1) is 0 Å². The fourth-order valence-electron chi connectivity index (χ4n) is 4.10. The van der Waals surface area contributed by atoms with Crippen LogP contribution in [0.1, 0.15) is 37.7 Å². The molecule has 0 saturated heterocycles. The average molecular weight is 540 g/mol. The van der Waals surface area contributed by atoms with Crippen LogP contribution in [-0.2, 0) is 12.0 Å². The molecule has 0 fully saturated rings. The van der Waals surface area contributed by atoms with Crippen molar-refractivity contribution in [1.82, 2.24) is 9.66 Å². The van der Waals surface area contributed by atoms with Crippen LogP contribution in [0.4, 0.5) is 0 Å². The molecule has 0 amide bonds. The molecule has 1 heterocycles. The zero-order valence-electron chi connectivity index (χ0n) is 20.4. The van der Waals surface area contributed by atoms with Gasteiger partial charge in [-0.3, -0.25) is 4.79 Å². The fraction of sp³-hybridized carbons (Fsp3) is 0.167. The molecule has 0 atom stereocenters. The van der Waals surface area contributed by atoms with Gasteiger partial charge in [0, 0.05) is 9.89 Å². The predicted octanol–water partition coefficient (Wildman–Crippen LogP) is 7.07. The van der Waals surface area contributed by atoms with Crippen LogP contribution in [0.2, 0.25) is 0 Å². The van der Waals surface area contributed by atoms with E-state index in [0.717, 1.165) is 21.3 Å². The van der Waals surface area contributed by atoms with Gasteiger partial charge in [0.1, 0.15) is 18.2 Å². The summed E-state index contributed by atoms with van der Waals surface area (Å²) >= 11 is 3.44. The summed E-state index contributed by atoms with van der Waals surface area (Å²) in [4.78, 5) is 18.1. The van der Waals surface area contributed by atoms with Crippen LogP contribution in [0.25, 0.3) is 21.7 Å². The van der Waals surface area contributed by atoms with Crippen LogP contribution in [0.5, 0.6) is 5.75 Å². The fourth-order valence-corrected chi connectivity index (χ4v) is 4.46. The molecule has 180 valence electrons. The van der Waals surface area contributed by atoms with E-state index in [1.54, 1.807) is 12.3 Å². The number of ether oxygens (including phenoxy) is 1. The van der Waals surface area contributed by atoms with Crippen LogP contribution in [0.15, 0.2) is 99.3 Å². The molecule has 0 spiro atoms. The minimum Gasteiger partial charge on any atom is -0.489 e. The number of aromatic nitrogens is 2. The quantitative estimate of drug-likeness (QED) is 0.224. The summed E-state index contributed by atoms with van der Waals surface area (Å²) < 4.78 is 8.27. The Hall–Kier alpha value is -3.77. The molecule has 0 N–H and O–H groups in total. The number of hydrogen-bond acceptors (Lipinski definition) is 4. The van der Waals surface area contributed by atoms with Crippen molar-refractivity contribution in [1.29, 1.82) is 0 Å². The highest BCUT2D eigenvalue weighted by molar-refractivity contribution is 9.10. The number of hydrogen-bond donors (Lipinski definition) is 0. The summed E-state index contributed by atoms with van der Waals surface area (Å²) in [5.41, 5.74) is 2.10. The molecule has 0 saturated carbocycles. The maximum atomic E-state index is 13.3. The van der Waals surface area contributed by atoms with Crippen LogP contribution in [-0.4, -0.2) is 15.9 Å². The maximum Gasteiger partial charge on any atom is 0.282 e. The van der Waals surface area contributed by atoms with Gasteiger partial charge >= 0.3 is 0 Å². The van der Waals surface area contributed by atoms with Gasteiger partial charge in [-0.1, -0.05) is 79.2 Å². The van der Waals surface area contributed by atoms with Crippen molar-refractivity contribution in [3.63, 3.8) is 0 Å². The van der Waals surface area contributed by atoms with Crippen molar-refractivity contribution in [3.05, 3.63) is 117 Å². The molecule has 0 unspecified atom stereocenters. The number of rotatable bonds is 5. The van der Waals surface area contributed by atoms with Gasteiger partial charge in [-0.25, -0.2) is 4.98 Å². The number of benzene rings is 4. The van der Waals surface area contributed by atoms with Crippen molar-refractivity contribution in [2.75, 3.05) is 0 Å². The normalized spacial score (nSPS) is 12.0. The summed E-state index contributed by atoms with van der Waals surface area (Å²) in [5, 5.41) is 7.45.